The van der Waals surface area contributed by atoms with Crippen molar-refractivity contribution in [3.8, 4) is 0 Å². The lowest BCUT2D eigenvalue weighted by Crippen LogP contribution is -2.21. The fourth-order valence-corrected chi connectivity index (χ4v) is 4.17. The van der Waals surface area contributed by atoms with Gasteiger partial charge < -0.3 is 4.90 Å². The number of hydrogen-bond acceptors (Lipinski definition) is 6. The Balaban J connectivity index is 1.66. The number of benzene rings is 2. The van der Waals surface area contributed by atoms with Gasteiger partial charge in [-0.1, -0.05) is 30.3 Å². The highest BCUT2D eigenvalue weighted by atomic mass is 16.6. The summed E-state index contributed by atoms with van der Waals surface area (Å²) in [6, 6.07) is 14.1. The molecule has 0 unspecified atom stereocenters. The number of non-ortho nitro benzene ring substituents is 1. The first-order valence-electron chi connectivity index (χ1n) is 9.90. The number of rotatable bonds is 3. The Hall–Kier alpha value is -4.13. The van der Waals surface area contributed by atoms with E-state index in [0.717, 1.165) is 27.7 Å². The molecule has 1 aliphatic carbocycles. The van der Waals surface area contributed by atoms with Gasteiger partial charge in [0.15, 0.2) is 11.6 Å². The third-order valence-electron chi connectivity index (χ3n) is 5.65. The van der Waals surface area contributed by atoms with Crippen molar-refractivity contribution in [1.29, 1.82) is 0 Å². The fraction of sp³-hybridized carbons (Fsp3) is 0.125. The minimum atomic E-state index is -0.425. The number of anilines is 1. The number of nitrogens with zero attached hydrogens (tertiary/aromatic N) is 3. The molecule has 1 aromatic heterocycles. The van der Waals surface area contributed by atoms with E-state index in [-0.39, 0.29) is 35.7 Å². The quantitative estimate of drug-likeness (QED) is 0.275. The second-order valence-corrected chi connectivity index (χ2v) is 7.54. The third-order valence-corrected chi connectivity index (χ3v) is 5.65. The highest BCUT2D eigenvalue weighted by Crippen LogP contribution is 2.41. The monoisotopic (exact) mass is 411 g/mol. The Labute approximate surface area is 177 Å². The minimum absolute atomic E-state index is 0.0377. The summed E-state index contributed by atoms with van der Waals surface area (Å²) in [5.41, 5.74) is 4.19. The lowest BCUT2D eigenvalue weighted by Gasteiger charge is -2.29. The Bertz CT molecular complexity index is 1300. The zero-order valence-corrected chi connectivity index (χ0v) is 16.4. The van der Waals surface area contributed by atoms with Crippen molar-refractivity contribution in [2.75, 3.05) is 4.90 Å². The van der Waals surface area contributed by atoms with Gasteiger partial charge in [0, 0.05) is 54.9 Å². The van der Waals surface area contributed by atoms with E-state index in [0.29, 0.717) is 12.1 Å². The van der Waals surface area contributed by atoms with Crippen molar-refractivity contribution in [2.45, 2.75) is 19.4 Å². The first kappa shape index (κ1) is 18.9. The maximum absolute atomic E-state index is 12.4. The van der Waals surface area contributed by atoms with Crippen LogP contribution in [0.2, 0.25) is 0 Å². The summed E-state index contributed by atoms with van der Waals surface area (Å²) >= 11 is 0. The second kappa shape index (κ2) is 7.28. The number of hydrogen-bond donors (Lipinski definition) is 0. The first-order chi connectivity index (χ1) is 15.0. The van der Waals surface area contributed by atoms with Crippen LogP contribution >= 0.6 is 0 Å². The number of nitro benzene ring substituents is 1. The van der Waals surface area contributed by atoms with Crippen LogP contribution in [0.25, 0.3) is 16.5 Å². The van der Waals surface area contributed by atoms with E-state index in [2.05, 4.69) is 4.98 Å². The molecule has 0 saturated heterocycles. The lowest BCUT2D eigenvalue weighted by atomic mass is 9.92. The summed E-state index contributed by atoms with van der Waals surface area (Å²) < 4.78 is 0. The Morgan fingerprint density at radius 2 is 1.74 bits per heavy atom. The predicted molar refractivity (Wildman–Crippen MR) is 116 cm³/mol. The number of allylic oxidation sites excluding steroid dienone is 3. The maximum atomic E-state index is 12.4. The Morgan fingerprint density at radius 1 is 1.00 bits per heavy atom. The van der Waals surface area contributed by atoms with Crippen LogP contribution in [0.15, 0.2) is 72.6 Å². The van der Waals surface area contributed by atoms with Gasteiger partial charge in [0.2, 0.25) is 0 Å². The standard InChI is InChI=1S/C24H17N3O4/c28-20-9-10-21(29)22(20)18-11-13-26(14-15-3-6-17(7-4-15)27(30)31)24-19(18)8-5-16-2-1-12-25-23(16)24/h1-8,11-13H,9-10,14H2. The molecule has 1 aliphatic heterocycles. The van der Waals surface area contributed by atoms with Crippen molar-refractivity contribution < 1.29 is 14.5 Å². The van der Waals surface area contributed by atoms with Crippen LogP contribution in [-0.2, 0) is 16.1 Å². The number of aromatic nitrogens is 1. The molecular weight excluding hydrogens is 394 g/mol. The number of carbonyl (C=O) groups is 2. The van der Waals surface area contributed by atoms with Gasteiger partial charge in [-0.3, -0.25) is 24.7 Å². The van der Waals surface area contributed by atoms with E-state index in [4.69, 9.17) is 0 Å². The molecule has 0 amide bonds. The molecule has 2 aliphatic rings. The molecule has 7 nitrogen and oxygen atoms in total. The number of pyridine rings is 1. The van der Waals surface area contributed by atoms with Gasteiger partial charge in [-0.25, -0.2) is 0 Å². The van der Waals surface area contributed by atoms with Crippen LogP contribution in [0.3, 0.4) is 0 Å². The van der Waals surface area contributed by atoms with Crippen LogP contribution in [0.4, 0.5) is 11.4 Å². The van der Waals surface area contributed by atoms with Crippen molar-refractivity contribution >= 4 is 39.4 Å². The summed E-state index contributed by atoms with van der Waals surface area (Å²) in [7, 11) is 0. The van der Waals surface area contributed by atoms with Gasteiger partial charge in [-0.15, -0.1) is 0 Å². The molecule has 0 spiro atoms. The van der Waals surface area contributed by atoms with Gasteiger partial charge in [-0.2, -0.15) is 0 Å². The molecule has 152 valence electrons. The lowest BCUT2D eigenvalue weighted by molar-refractivity contribution is -0.384. The molecule has 5 rings (SSSR count). The topological polar surface area (TPSA) is 93.4 Å². The van der Waals surface area contributed by atoms with E-state index in [1.165, 1.54) is 12.1 Å². The summed E-state index contributed by atoms with van der Waals surface area (Å²) in [4.78, 5) is 41.9. The van der Waals surface area contributed by atoms with Gasteiger partial charge in [0.25, 0.3) is 5.69 Å². The molecule has 0 bridgehead atoms. The van der Waals surface area contributed by atoms with Crippen LogP contribution < -0.4 is 4.90 Å². The number of fused-ring (bicyclic) bond motifs is 3. The van der Waals surface area contributed by atoms with Crippen molar-refractivity contribution in [2.24, 2.45) is 0 Å². The van der Waals surface area contributed by atoms with E-state index >= 15 is 0 Å². The summed E-state index contributed by atoms with van der Waals surface area (Å²) in [5.74, 6) is -0.249. The van der Waals surface area contributed by atoms with Crippen molar-refractivity contribution in [3.63, 3.8) is 0 Å². The summed E-state index contributed by atoms with van der Waals surface area (Å²) in [6.07, 6.45) is 5.86. The highest BCUT2D eigenvalue weighted by Gasteiger charge is 2.32. The number of nitro groups is 1. The second-order valence-electron chi connectivity index (χ2n) is 7.54. The number of carbonyl (C=O) groups excluding carboxylic acids is 2. The molecule has 0 radical (unpaired) electrons. The average molecular weight is 411 g/mol. The first-order valence-corrected chi connectivity index (χ1v) is 9.90. The highest BCUT2D eigenvalue weighted by molar-refractivity contribution is 6.31. The van der Waals surface area contributed by atoms with Crippen molar-refractivity contribution in [1.82, 2.24) is 4.98 Å². The molecule has 31 heavy (non-hydrogen) atoms. The molecule has 7 heteroatoms. The van der Waals surface area contributed by atoms with Gasteiger partial charge in [0.1, 0.15) is 0 Å². The molecule has 2 aromatic carbocycles. The summed E-state index contributed by atoms with van der Waals surface area (Å²) in [6.45, 7) is 0.460. The molecule has 3 aromatic rings. The minimum Gasteiger partial charge on any atom is -0.341 e. The van der Waals surface area contributed by atoms with Crippen LogP contribution in [0.5, 0.6) is 0 Å². The van der Waals surface area contributed by atoms with E-state index in [9.17, 15) is 19.7 Å². The fourth-order valence-electron chi connectivity index (χ4n) is 4.17. The molecule has 0 atom stereocenters. The maximum Gasteiger partial charge on any atom is 0.269 e. The van der Waals surface area contributed by atoms with Gasteiger partial charge in [0.05, 0.1) is 21.7 Å². The molecule has 1 fully saturated rings. The largest absolute Gasteiger partial charge is 0.341 e. The molecule has 2 heterocycles. The van der Waals surface area contributed by atoms with Gasteiger partial charge >= 0.3 is 0 Å². The Kier molecular flexibility index (Phi) is 4.43. The Morgan fingerprint density at radius 3 is 2.45 bits per heavy atom. The molecule has 0 N–H and O–H groups in total. The van der Waals surface area contributed by atoms with E-state index in [1.54, 1.807) is 24.4 Å². The zero-order valence-electron chi connectivity index (χ0n) is 16.4. The number of Topliss-reactive ketones (excluding diaryl/α,β-unsaturated/α-hetero) is 2. The van der Waals surface area contributed by atoms with Crippen LogP contribution in [0.1, 0.15) is 24.0 Å². The van der Waals surface area contributed by atoms with Crippen LogP contribution in [-0.4, -0.2) is 21.5 Å². The van der Waals surface area contributed by atoms with Crippen molar-refractivity contribution in [3.05, 3.63) is 93.8 Å². The average Bonchev–Trinajstić information content (AvgIpc) is 3.12. The molecular formula is C24H17N3O4. The zero-order chi connectivity index (χ0) is 21.5. The predicted octanol–water partition coefficient (Wildman–Crippen LogP) is 4.36. The SMILES string of the molecule is O=C1CCC(=O)C1=C1C=CN(Cc2ccc([N+](=O)[O-])cc2)c2c1ccc1cccnc21. The van der Waals surface area contributed by atoms with Crippen LogP contribution in [0, 0.1) is 10.1 Å². The normalized spacial score (nSPS) is 15.7. The summed E-state index contributed by atoms with van der Waals surface area (Å²) in [5, 5.41) is 11.9. The van der Waals surface area contributed by atoms with Gasteiger partial charge in [-0.05, 0) is 23.3 Å². The third kappa shape index (κ3) is 3.20. The molecule has 1 saturated carbocycles. The smallest absolute Gasteiger partial charge is 0.269 e. The number of ketones is 2. The van der Waals surface area contributed by atoms with E-state index < -0.39 is 4.92 Å². The van der Waals surface area contributed by atoms with E-state index in [1.807, 2.05) is 35.4 Å².